The van der Waals surface area contributed by atoms with Crippen molar-refractivity contribution in [1.29, 1.82) is 0 Å². The zero-order valence-corrected chi connectivity index (χ0v) is 12.9. The Morgan fingerprint density at radius 2 is 1.83 bits per heavy atom. The van der Waals surface area contributed by atoms with Gasteiger partial charge in [0.2, 0.25) is 0 Å². The molecule has 4 nitrogen and oxygen atoms in total. The Morgan fingerprint density at radius 3 is 2.61 bits per heavy atom. The summed E-state index contributed by atoms with van der Waals surface area (Å²) in [6.07, 6.45) is 3.16. The Bertz CT molecular complexity index is 769. The van der Waals surface area contributed by atoms with Crippen LogP contribution in [0.25, 0.3) is 0 Å². The van der Waals surface area contributed by atoms with Crippen molar-refractivity contribution in [2.75, 3.05) is 0 Å². The summed E-state index contributed by atoms with van der Waals surface area (Å²) in [6.45, 7) is 0. The van der Waals surface area contributed by atoms with Crippen LogP contribution < -0.4 is 5.73 Å². The van der Waals surface area contributed by atoms with Crippen LogP contribution in [0.5, 0.6) is 0 Å². The zero-order chi connectivity index (χ0) is 15.8. The average molecular weight is 305 g/mol. The Hall–Kier alpha value is -2.62. The maximum absolute atomic E-state index is 12.0. The maximum atomic E-state index is 12.0. The molecule has 2 atom stereocenters. The number of carbonyl (C=O) groups excluding carboxylic acids is 1. The predicted octanol–water partition coefficient (Wildman–Crippen LogP) is 3.48. The molecule has 23 heavy (non-hydrogen) atoms. The number of nitrogens with two attached hydrogens (primary N) is 1. The number of benzene rings is 2. The summed E-state index contributed by atoms with van der Waals surface area (Å²) >= 11 is 0. The van der Waals surface area contributed by atoms with E-state index in [1.165, 1.54) is 16.1 Å². The van der Waals surface area contributed by atoms with Crippen LogP contribution in [0, 0.1) is 5.92 Å². The molecule has 116 valence electrons. The van der Waals surface area contributed by atoms with Crippen molar-refractivity contribution in [2.24, 2.45) is 16.8 Å². The van der Waals surface area contributed by atoms with Gasteiger partial charge in [-0.25, -0.2) is 9.80 Å². The summed E-state index contributed by atoms with van der Waals surface area (Å²) in [5.41, 5.74) is 10.2. The van der Waals surface area contributed by atoms with E-state index in [4.69, 9.17) is 5.73 Å². The van der Waals surface area contributed by atoms with Gasteiger partial charge in [-0.2, -0.15) is 5.10 Å². The highest BCUT2D eigenvalue weighted by atomic mass is 16.2. The fraction of sp³-hybridized carbons (Fsp3) is 0.263. The second kappa shape index (κ2) is 5.54. The molecule has 1 heterocycles. The van der Waals surface area contributed by atoms with Crippen LogP contribution in [0.1, 0.15) is 35.6 Å². The van der Waals surface area contributed by atoms with Gasteiger partial charge in [-0.1, -0.05) is 54.6 Å². The first kappa shape index (κ1) is 14.0. The standard InChI is InChI=1S/C19H19N3O/c20-19(23)22-18(14-8-2-1-3-9-14)16-12-6-10-13-7-4-5-11-15(13)17(16)21-22/h1-5,7-9,11,16,18H,6,10,12H2,(H2,20,23)/t16-,18-/m0/s1. The fourth-order valence-corrected chi connectivity index (χ4v) is 3.83. The summed E-state index contributed by atoms with van der Waals surface area (Å²) in [5.74, 6) is 0.202. The van der Waals surface area contributed by atoms with Gasteiger partial charge < -0.3 is 5.73 Å². The number of amides is 2. The number of hydrogen-bond acceptors (Lipinski definition) is 2. The normalized spacial score (nSPS) is 22.8. The summed E-state index contributed by atoms with van der Waals surface area (Å²) in [6, 6.07) is 17.9. The molecule has 0 aromatic heterocycles. The average Bonchev–Trinajstić information content (AvgIpc) is 2.86. The SMILES string of the molecule is NC(=O)N1N=C2c3ccccc3CCC[C@@H]2[C@@H]1c1ccccc1. The summed E-state index contributed by atoms with van der Waals surface area (Å²) in [5, 5.41) is 6.11. The predicted molar refractivity (Wildman–Crippen MR) is 90.0 cm³/mol. The number of hydrazone groups is 1. The summed E-state index contributed by atoms with van der Waals surface area (Å²) in [7, 11) is 0. The smallest absolute Gasteiger partial charge is 0.335 e. The summed E-state index contributed by atoms with van der Waals surface area (Å²) < 4.78 is 0. The molecule has 0 saturated carbocycles. The van der Waals surface area contributed by atoms with Crippen molar-refractivity contribution in [2.45, 2.75) is 25.3 Å². The summed E-state index contributed by atoms with van der Waals surface area (Å²) in [4.78, 5) is 12.0. The Balaban J connectivity index is 1.84. The maximum Gasteiger partial charge on any atom is 0.335 e. The van der Waals surface area contributed by atoms with Crippen LogP contribution >= 0.6 is 0 Å². The number of fused-ring (bicyclic) bond motifs is 3. The van der Waals surface area contributed by atoms with Gasteiger partial charge in [-0.05, 0) is 30.4 Å². The van der Waals surface area contributed by atoms with Crippen molar-refractivity contribution in [3.8, 4) is 0 Å². The van der Waals surface area contributed by atoms with E-state index < -0.39 is 6.03 Å². The fourth-order valence-electron chi connectivity index (χ4n) is 3.83. The molecule has 2 aromatic carbocycles. The Kier molecular flexibility index (Phi) is 3.37. The number of nitrogens with zero attached hydrogens (tertiary/aromatic N) is 2. The first-order valence-corrected chi connectivity index (χ1v) is 8.06. The molecule has 1 aliphatic carbocycles. The highest BCUT2D eigenvalue weighted by Gasteiger charge is 2.42. The van der Waals surface area contributed by atoms with E-state index in [0.717, 1.165) is 30.5 Å². The van der Waals surface area contributed by atoms with Gasteiger partial charge in [0, 0.05) is 11.5 Å². The second-order valence-electron chi connectivity index (χ2n) is 6.18. The molecule has 2 amide bonds. The van der Waals surface area contributed by atoms with Crippen molar-refractivity contribution in [3.05, 3.63) is 71.3 Å². The molecule has 0 fully saturated rings. The monoisotopic (exact) mass is 305 g/mol. The third kappa shape index (κ3) is 2.31. The molecule has 2 aromatic rings. The minimum absolute atomic E-state index is 0.102. The van der Waals surface area contributed by atoms with E-state index in [0.29, 0.717) is 0 Å². The van der Waals surface area contributed by atoms with Crippen LogP contribution in [0.2, 0.25) is 0 Å². The molecule has 2 aliphatic rings. The first-order chi connectivity index (χ1) is 11.3. The number of primary amides is 1. The lowest BCUT2D eigenvalue weighted by Crippen LogP contribution is -2.34. The molecule has 0 saturated heterocycles. The highest BCUT2D eigenvalue weighted by Crippen LogP contribution is 2.42. The molecular formula is C19H19N3O. The Labute approximate surface area is 135 Å². The van der Waals surface area contributed by atoms with Crippen molar-refractivity contribution in [1.82, 2.24) is 5.01 Å². The van der Waals surface area contributed by atoms with Gasteiger partial charge in [0.25, 0.3) is 0 Å². The lowest BCUT2D eigenvalue weighted by Gasteiger charge is -2.25. The minimum atomic E-state index is -0.489. The van der Waals surface area contributed by atoms with E-state index in [2.05, 4.69) is 35.4 Å². The van der Waals surface area contributed by atoms with Gasteiger partial charge >= 0.3 is 6.03 Å². The van der Waals surface area contributed by atoms with Gasteiger partial charge in [-0.15, -0.1) is 0 Å². The number of rotatable bonds is 1. The van der Waals surface area contributed by atoms with Gasteiger partial charge in [0.1, 0.15) is 0 Å². The molecule has 4 heteroatoms. The molecule has 1 aliphatic heterocycles. The topological polar surface area (TPSA) is 58.7 Å². The zero-order valence-electron chi connectivity index (χ0n) is 12.9. The molecule has 2 N–H and O–H groups in total. The van der Waals surface area contributed by atoms with Crippen molar-refractivity contribution >= 4 is 11.7 Å². The molecule has 0 bridgehead atoms. The molecule has 0 radical (unpaired) electrons. The van der Waals surface area contributed by atoms with Gasteiger partial charge in [-0.3, -0.25) is 0 Å². The lowest BCUT2D eigenvalue weighted by atomic mass is 9.85. The second-order valence-corrected chi connectivity index (χ2v) is 6.18. The van der Waals surface area contributed by atoms with E-state index in [1.54, 1.807) is 0 Å². The quantitative estimate of drug-likeness (QED) is 0.861. The number of hydrogen-bond donors (Lipinski definition) is 1. The third-order valence-electron chi connectivity index (χ3n) is 4.83. The van der Waals surface area contributed by atoms with Gasteiger partial charge in [0.15, 0.2) is 0 Å². The lowest BCUT2D eigenvalue weighted by molar-refractivity contribution is 0.184. The number of aryl methyl sites for hydroxylation is 1. The molecule has 0 unspecified atom stereocenters. The Morgan fingerprint density at radius 1 is 1.09 bits per heavy atom. The largest absolute Gasteiger partial charge is 0.350 e. The minimum Gasteiger partial charge on any atom is -0.350 e. The third-order valence-corrected chi connectivity index (χ3v) is 4.83. The van der Waals surface area contributed by atoms with Crippen molar-refractivity contribution in [3.63, 3.8) is 0 Å². The molecule has 0 spiro atoms. The van der Waals surface area contributed by atoms with Gasteiger partial charge in [0.05, 0.1) is 11.8 Å². The van der Waals surface area contributed by atoms with Crippen LogP contribution in [-0.4, -0.2) is 16.8 Å². The molecular weight excluding hydrogens is 286 g/mol. The first-order valence-electron chi connectivity index (χ1n) is 8.06. The van der Waals surface area contributed by atoms with Crippen LogP contribution in [0.3, 0.4) is 0 Å². The van der Waals surface area contributed by atoms with E-state index in [9.17, 15) is 4.79 Å². The highest BCUT2D eigenvalue weighted by molar-refractivity contribution is 6.06. The van der Waals surface area contributed by atoms with Crippen LogP contribution in [0.4, 0.5) is 4.79 Å². The number of carbonyl (C=O) groups is 1. The van der Waals surface area contributed by atoms with E-state index >= 15 is 0 Å². The van der Waals surface area contributed by atoms with Crippen LogP contribution in [-0.2, 0) is 6.42 Å². The molecule has 4 rings (SSSR count). The van der Waals surface area contributed by atoms with Crippen LogP contribution in [0.15, 0.2) is 59.7 Å². The van der Waals surface area contributed by atoms with E-state index in [1.807, 2.05) is 24.3 Å². The van der Waals surface area contributed by atoms with Crippen molar-refractivity contribution < 1.29 is 4.79 Å². The number of urea groups is 1. The van der Waals surface area contributed by atoms with E-state index in [-0.39, 0.29) is 12.0 Å².